The van der Waals surface area contributed by atoms with Gasteiger partial charge >= 0.3 is 0 Å². The van der Waals surface area contributed by atoms with E-state index in [-0.39, 0.29) is 0 Å². The first-order valence-electron chi connectivity index (χ1n) is 5.70. The molecule has 0 bridgehead atoms. The molecule has 2 rings (SSSR count). The first-order valence-corrected chi connectivity index (χ1v) is 6.24. The maximum atomic E-state index is 5.81. The van der Waals surface area contributed by atoms with E-state index < -0.39 is 0 Å². The average Bonchev–Trinajstić information content (AvgIpc) is 2.40. The zero-order chi connectivity index (χ0) is 13.0. The summed E-state index contributed by atoms with van der Waals surface area (Å²) >= 11 is 5.75. The molecule has 0 aliphatic rings. The van der Waals surface area contributed by atoms with Crippen molar-refractivity contribution in [2.45, 2.75) is 12.8 Å². The number of benzene rings is 2. The van der Waals surface area contributed by atoms with Gasteiger partial charge in [0.05, 0.1) is 7.11 Å². The van der Waals surface area contributed by atoms with Crippen LogP contribution in [0.25, 0.3) is 0 Å². The molecule has 0 N–H and O–H groups in total. The molecular weight excluding hydrogens is 248 g/mol. The van der Waals surface area contributed by atoms with Gasteiger partial charge in [-0.2, -0.15) is 0 Å². The van der Waals surface area contributed by atoms with Crippen LogP contribution in [0.15, 0.2) is 42.5 Å². The number of aryl methyl sites for hydroxylation is 1. The number of methoxy groups -OCH3 is 1. The molecule has 0 aliphatic carbocycles. The minimum Gasteiger partial charge on any atom is -0.493 e. The van der Waals surface area contributed by atoms with E-state index in [2.05, 4.69) is 0 Å². The Labute approximate surface area is 112 Å². The Balaban J connectivity index is 2.24. The number of ether oxygens (including phenoxy) is 2. The summed E-state index contributed by atoms with van der Waals surface area (Å²) in [4.78, 5) is 0. The van der Waals surface area contributed by atoms with Crippen molar-refractivity contribution in [2.75, 3.05) is 7.11 Å². The molecule has 0 saturated carbocycles. The van der Waals surface area contributed by atoms with Crippen molar-refractivity contribution >= 4 is 11.6 Å². The van der Waals surface area contributed by atoms with Crippen LogP contribution in [-0.4, -0.2) is 7.11 Å². The fraction of sp³-hybridized carbons (Fsp3) is 0.200. The highest BCUT2D eigenvalue weighted by Gasteiger charge is 2.05. The number of alkyl halides is 1. The Morgan fingerprint density at radius 3 is 2.33 bits per heavy atom. The van der Waals surface area contributed by atoms with Crippen LogP contribution in [0.5, 0.6) is 17.2 Å². The van der Waals surface area contributed by atoms with Crippen LogP contribution < -0.4 is 9.47 Å². The summed E-state index contributed by atoms with van der Waals surface area (Å²) in [5, 5.41) is 0. The number of hydrogen-bond acceptors (Lipinski definition) is 2. The van der Waals surface area contributed by atoms with E-state index in [4.69, 9.17) is 21.1 Å². The molecule has 0 heterocycles. The fourth-order valence-electron chi connectivity index (χ4n) is 1.64. The average molecular weight is 263 g/mol. The van der Waals surface area contributed by atoms with E-state index in [1.54, 1.807) is 7.11 Å². The normalized spacial score (nSPS) is 10.2. The summed E-state index contributed by atoms with van der Waals surface area (Å²) in [6, 6.07) is 13.5. The van der Waals surface area contributed by atoms with Gasteiger partial charge in [0.1, 0.15) is 5.75 Å². The van der Waals surface area contributed by atoms with Gasteiger partial charge in [0.15, 0.2) is 11.5 Å². The minimum absolute atomic E-state index is 0.508. The lowest BCUT2D eigenvalue weighted by Crippen LogP contribution is -1.91. The second kappa shape index (κ2) is 5.78. The molecule has 3 heteroatoms. The lowest BCUT2D eigenvalue weighted by molar-refractivity contribution is 0.378. The Bertz CT molecular complexity index is 521. The van der Waals surface area contributed by atoms with Crippen molar-refractivity contribution < 1.29 is 9.47 Å². The van der Waals surface area contributed by atoms with Crippen molar-refractivity contribution in [2.24, 2.45) is 0 Å². The second-order valence-electron chi connectivity index (χ2n) is 4.03. The monoisotopic (exact) mass is 262 g/mol. The van der Waals surface area contributed by atoms with Gasteiger partial charge in [-0.1, -0.05) is 18.2 Å². The lowest BCUT2D eigenvalue weighted by Gasteiger charge is -2.11. The van der Waals surface area contributed by atoms with Gasteiger partial charge in [-0.05, 0) is 42.3 Å². The number of hydrogen-bond donors (Lipinski definition) is 0. The Morgan fingerprint density at radius 2 is 1.72 bits per heavy atom. The van der Waals surface area contributed by atoms with Gasteiger partial charge in [0, 0.05) is 5.88 Å². The quantitative estimate of drug-likeness (QED) is 0.754. The van der Waals surface area contributed by atoms with Gasteiger partial charge in [0.2, 0.25) is 0 Å². The highest BCUT2D eigenvalue weighted by atomic mass is 35.5. The van der Waals surface area contributed by atoms with Crippen LogP contribution in [-0.2, 0) is 5.88 Å². The molecule has 2 nitrogen and oxygen atoms in total. The smallest absolute Gasteiger partial charge is 0.169 e. The van der Waals surface area contributed by atoms with Crippen molar-refractivity contribution in [3.63, 3.8) is 0 Å². The molecule has 0 aliphatic heterocycles. The third kappa shape index (κ3) is 2.96. The van der Waals surface area contributed by atoms with Crippen LogP contribution in [0.2, 0.25) is 0 Å². The summed E-state index contributed by atoms with van der Waals surface area (Å²) in [7, 11) is 1.63. The fourth-order valence-corrected chi connectivity index (χ4v) is 1.82. The Kier molecular flexibility index (Phi) is 4.11. The molecule has 94 valence electrons. The summed E-state index contributed by atoms with van der Waals surface area (Å²) in [6.45, 7) is 2.02. The molecule has 2 aromatic carbocycles. The molecule has 0 amide bonds. The second-order valence-corrected chi connectivity index (χ2v) is 4.30. The van der Waals surface area contributed by atoms with Crippen LogP contribution in [0, 0.1) is 6.92 Å². The van der Waals surface area contributed by atoms with E-state index >= 15 is 0 Å². The third-order valence-electron chi connectivity index (χ3n) is 2.62. The zero-order valence-corrected chi connectivity index (χ0v) is 11.2. The molecule has 0 saturated heterocycles. The lowest BCUT2D eigenvalue weighted by atomic mass is 10.2. The molecule has 0 atom stereocenters. The van der Waals surface area contributed by atoms with E-state index in [0.717, 1.165) is 28.4 Å². The van der Waals surface area contributed by atoms with Crippen molar-refractivity contribution in [3.8, 4) is 17.2 Å². The maximum Gasteiger partial charge on any atom is 0.169 e. The number of rotatable bonds is 4. The van der Waals surface area contributed by atoms with Crippen LogP contribution in [0.1, 0.15) is 11.1 Å². The number of halogens is 1. The molecular formula is C15H15ClO2. The van der Waals surface area contributed by atoms with Gasteiger partial charge in [0.25, 0.3) is 0 Å². The van der Waals surface area contributed by atoms with Gasteiger partial charge in [-0.3, -0.25) is 0 Å². The van der Waals surface area contributed by atoms with Gasteiger partial charge < -0.3 is 9.47 Å². The van der Waals surface area contributed by atoms with Crippen LogP contribution in [0.4, 0.5) is 0 Å². The SMILES string of the molecule is COc1ccc(C)cc1Oc1ccc(CCl)cc1. The Hall–Kier alpha value is -1.67. The predicted octanol–water partition coefficient (Wildman–Crippen LogP) is 4.53. The topological polar surface area (TPSA) is 18.5 Å². The summed E-state index contributed by atoms with van der Waals surface area (Å²) in [6.07, 6.45) is 0. The highest BCUT2D eigenvalue weighted by Crippen LogP contribution is 2.32. The minimum atomic E-state index is 0.508. The van der Waals surface area contributed by atoms with Crippen molar-refractivity contribution in [3.05, 3.63) is 53.6 Å². The van der Waals surface area contributed by atoms with E-state index in [9.17, 15) is 0 Å². The Morgan fingerprint density at radius 1 is 1.00 bits per heavy atom. The van der Waals surface area contributed by atoms with Gasteiger partial charge in [-0.25, -0.2) is 0 Å². The highest BCUT2D eigenvalue weighted by molar-refractivity contribution is 6.17. The molecule has 0 unspecified atom stereocenters. The summed E-state index contributed by atoms with van der Waals surface area (Å²) < 4.78 is 11.1. The van der Waals surface area contributed by atoms with Crippen LogP contribution in [0.3, 0.4) is 0 Å². The predicted molar refractivity (Wildman–Crippen MR) is 73.8 cm³/mol. The van der Waals surface area contributed by atoms with Crippen LogP contribution >= 0.6 is 11.6 Å². The molecule has 0 spiro atoms. The standard InChI is InChI=1S/C15H15ClO2/c1-11-3-8-14(17-2)15(9-11)18-13-6-4-12(10-16)5-7-13/h3-9H,10H2,1-2H3. The summed E-state index contributed by atoms with van der Waals surface area (Å²) in [5.41, 5.74) is 2.20. The first-order chi connectivity index (χ1) is 8.72. The molecule has 18 heavy (non-hydrogen) atoms. The van der Waals surface area contributed by atoms with Crippen molar-refractivity contribution in [1.29, 1.82) is 0 Å². The third-order valence-corrected chi connectivity index (χ3v) is 2.93. The largest absolute Gasteiger partial charge is 0.493 e. The first kappa shape index (κ1) is 12.8. The molecule has 0 aromatic heterocycles. The maximum absolute atomic E-state index is 5.81. The zero-order valence-electron chi connectivity index (χ0n) is 10.4. The summed E-state index contributed by atoms with van der Waals surface area (Å²) in [5.74, 6) is 2.72. The van der Waals surface area contributed by atoms with E-state index in [0.29, 0.717) is 5.88 Å². The van der Waals surface area contributed by atoms with E-state index in [1.165, 1.54) is 0 Å². The molecule has 0 radical (unpaired) electrons. The van der Waals surface area contributed by atoms with E-state index in [1.807, 2.05) is 49.4 Å². The van der Waals surface area contributed by atoms with Crippen molar-refractivity contribution in [1.82, 2.24) is 0 Å². The molecule has 2 aromatic rings. The molecule has 0 fully saturated rings. The van der Waals surface area contributed by atoms with Gasteiger partial charge in [-0.15, -0.1) is 11.6 Å².